The molecule has 0 heterocycles. The van der Waals surface area contributed by atoms with Crippen LogP contribution in [0.2, 0.25) is 0 Å². The van der Waals surface area contributed by atoms with E-state index < -0.39 is 0 Å². The summed E-state index contributed by atoms with van der Waals surface area (Å²) in [5.41, 5.74) is 1.87. The lowest BCUT2D eigenvalue weighted by molar-refractivity contribution is -0.124. The first-order valence-corrected chi connectivity index (χ1v) is 10.4. The summed E-state index contributed by atoms with van der Waals surface area (Å²) in [6.45, 7) is 0. The van der Waals surface area contributed by atoms with Gasteiger partial charge in [0.2, 0.25) is 11.8 Å². The van der Waals surface area contributed by atoms with Gasteiger partial charge in [0.15, 0.2) is 0 Å². The number of rotatable bonds is 8. The lowest BCUT2D eigenvalue weighted by Crippen LogP contribution is -2.53. The third-order valence-electron chi connectivity index (χ3n) is 5.51. The van der Waals surface area contributed by atoms with Gasteiger partial charge in [0.25, 0.3) is 0 Å². The van der Waals surface area contributed by atoms with Crippen molar-refractivity contribution < 1.29 is 19.1 Å². The van der Waals surface area contributed by atoms with Gasteiger partial charge in [0, 0.05) is 12.1 Å². The fourth-order valence-corrected chi connectivity index (χ4v) is 3.85. The van der Waals surface area contributed by atoms with E-state index in [0.29, 0.717) is 12.8 Å². The second kappa shape index (κ2) is 10.7. The maximum Gasteiger partial charge on any atom is 0.224 e. The van der Waals surface area contributed by atoms with Crippen molar-refractivity contribution in [1.29, 1.82) is 0 Å². The Morgan fingerprint density at radius 3 is 1.43 bits per heavy atom. The Labute approximate surface area is 178 Å². The molecule has 0 saturated heterocycles. The third kappa shape index (κ3) is 6.24. The average Bonchev–Trinajstić information content (AvgIpc) is 2.76. The summed E-state index contributed by atoms with van der Waals surface area (Å²) in [6, 6.07) is 14.9. The van der Waals surface area contributed by atoms with Gasteiger partial charge in [-0.15, -0.1) is 0 Å². The first kappa shape index (κ1) is 21.7. The zero-order valence-electron chi connectivity index (χ0n) is 17.6. The number of ether oxygens (including phenoxy) is 2. The maximum absolute atomic E-state index is 12.6. The molecule has 160 valence electrons. The molecule has 2 atom stereocenters. The zero-order valence-corrected chi connectivity index (χ0v) is 17.6. The van der Waals surface area contributed by atoms with E-state index in [-0.39, 0.29) is 23.9 Å². The number of carbonyl (C=O) groups is 2. The van der Waals surface area contributed by atoms with Crippen molar-refractivity contribution in [1.82, 2.24) is 10.6 Å². The van der Waals surface area contributed by atoms with Crippen LogP contribution in [0.15, 0.2) is 48.5 Å². The molecule has 0 bridgehead atoms. The summed E-state index contributed by atoms with van der Waals surface area (Å²) in [5.74, 6) is 1.49. The van der Waals surface area contributed by atoms with Gasteiger partial charge >= 0.3 is 0 Å². The van der Waals surface area contributed by atoms with Gasteiger partial charge in [0.1, 0.15) is 11.5 Å². The Morgan fingerprint density at radius 1 is 0.733 bits per heavy atom. The molecule has 2 aromatic carbocycles. The first-order chi connectivity index (χ1) is 14.6. The molecule has 1 saturated carbocycles. The van der Waals surface area contributed by atoms with Gasteiger partial charge in [-0.25, -0.2) is 0 Å². The molecule has 0 aliphatic heterocycles. The number of amides is 2. The van der Waals surface area contributed by atoms with Gasteiger partial charge in [-0.2, -0.15) is 0 Å². The van der Waals surface area contributed by atoms with Crippen molar-refractivity contribution in [3.05, 3.63) is 59.7 Å². The van der Waals surface area contributed by atoms with Gasteiger partial charge in [-0.3, -0.25) is 9.59 Å². The van der Waals surface area contributed by atoms with E-state index in [9.17, 15) is 9.59 Å². The molecular weight excluding hydrogens is 380 g/mol. The molecule has 1 aliphatic carbocycles. The fraction of sp³-hybridized carbons (Fsp3) is 0.417. The van der Waals surface area contributed by atoms with Crippen LogP contribution in [0.25, 0.3) is 0 Å². The molecule has 0 radical (unpaired) electrons. The largest absolute Gasteiger partial charge is 0.497 e. The third-order valence-corrected chi connectivity index (χ3v) is 5.51. The molecule has 6 heteroatoms. The molecule has 30 heavy (non-hydrogen) atoms. The predicted octanol–water partition coefficient (Wildman–Crippen LogP) is 3.03. The Hall–Kier alpha value is -3.02. The van der Waals surface area contributed by atoms with Crippen LogP contribution in [0.5, 0.6) is 11.5 Å². The normalized spacial score (nSPS) is 18.3. The highest BCUT2D eigenvalue weighted by Gasteiger charge is 2.27. The molecule has 0 unspecified atom stereocenters. The van der Waals surface area contributed by atoms with Crippen molar-refractivity contribution in [2.24, 2.45) is 0 Å². The summed E-state index contributed by atoms with van der Waals surface area (Å²) < 4.78 is 10.3. The van der Waals surface area contributed by atoms with Crippen molar-refractivity contribution in [2.45, 2.75) is 50.6 Å². The summed E-state index contributed by atoms with van der Waals surface area (Å²) in [7, 11) is 3.24. The van der Waals surface area contributed by atoms with E-state index in [1.807, 2.05) is 48.5 Å². The number of nitrogens with one attached hydrogen (secondary N) is 2. The van der Waals surface area contributed by atoms with Gasteiger partial charge in [-0.1, -0.05) is 37.1 Å². The summed E-state index contributed by atoms with van der Waals surface area (Å²) in [5, 5.41) is 6.26. The molecule has 6 nitrogen and oxygen atoms in total. The summed E-state index contributed by atoms with van der Waals surface area (Å²) in [4.78, 5) is 25.1. The Morgan fingerprint density at radius 2 is 1.10 bits per heavy atom. The number of carbonyl (C=O) groups excluding carboxylic acids is 2. The summed E-state index contributed by atoms with van der Waals surface area (Å²) >= 11 is 0. The Balaban J connectivity index is 1.52. The van der Waals surface area contributed by atoms with E-state index in [2.05, 4.69) is 10.6 Å². The fourth-order valence-electron chi connectivity index (χ4n) is 3.85. The van der Waals surface area contributed by atoms with Crippen LogP contribution in [0.4, 0.5) is 0 Å². The van der Waals surface area contributed by atoms with E-state index in [1.54, 1.807) is 14.2 Å². The Bertz CT molecular complexity index is 762. The highest BCUT2D eigenvalue weighted by atomic mass is 16.5. The van der Waals surface area contributed by atoms with Crippen molar-refractivity contribution in [3.8, 4) is 11.5 Å². The van der Waals surface area contributed by atoms with Gasteiger partial charge < -0.3 is 20.1 Å². The minimum atomic E-state index is -0.0377. The zero-order chi connectivity index (χ0) is 21.3. The Kier molecular flexibility index (Phi) is 7.71. The number of hydrogen-bond donors (Lipinski definition) is 2. The van der Waals surface area contributed by atoms with Crippen LogP contribution in [0.1, 0.15) is 36.8 Å². The standard InChI is InChI=1S/C24H30N2O4/c1-29-19-11-7-17(8-12-19)15-23(27)25-21-5-3-4-6-22(21)26-24(28)16-18-9-13-20(30-2)14-10-18/h7-14,21-22H,3-6,15-16H2,1-2H3,(H,25,27)(H,26,28)/t21-,22+. The van der Waals surface area contributed by atoms with Gasteiger partial charge in [0.05, 0.1) is 27.1 Å². The molecule has 0 aromatic heterocycles. The van der Waals surface area contributed by atoms with Crippen LogP contribution < -0.4 is 20.1 Å². The lowest BCUT2D eigenvalue weighted by atomic mass is 9.89. The van der Waals surface area contributed by atoms with E-state index in [1.165, 1.54) is 0 Å². The molecule has 2 amide bonds. The SMILES string of the molecule is COc1ccc(CC(=O)N[C@H]2CCCC[C@H]2NC(=O)Cc2ccc(OC)cc2)cc1. The second-order valence-electron chi connectivity index (χ2n) is 7.68. The maximum atomic E-state index is 12.6. The predicted molar refractivity (Wildman–Crippen MR) is 116 cm³/mol. The highest BCUT2D eigenvalue weighted by molar-refractivity contribution is 5.80. The van der Waals surface area contributed by atoms with Crippen LogP contribution in [0.3, 0.4) is 0 Å². The highest BCUT2D eigenvalue weighted by Crippen LogP contribution is 2.20. The molecule has 3 rings (SSSR count). The quantitative estimate of drug-likeness (QED) is 0.701. The lowest BCUT2D eigenvalue weighted by Gasteiger charge is -2.33. The summed E-state index contributed by atoms with van der Waals surface area (Å²) in [6.07, 6.45) is 4.49. The average molecular weight is 411 g/mol. The molecule has 2 N–H and O–H groups in total. The van der Waals surface area contributed by atoms with Crippen LogP contribution in [0, 0.1) is 0 Å². The van der Waals surface area contributed by atoms with Crippen LogP contribution >= 0.6 is 0 Å². The number of methoxy groups -OCH3 is 2. The number of hydrogen-bond acceptors (Lipinski definition) is 4. The van der Waals surface area contributed by atoms with Gasteiger partial charge in [-0.05, 0) is 48.2 Å². The topological polar surface area (TPSA) is 76.7 Å². The molecular formula is C24H30N2O4. The van der Waals surface area contributed by atoms with Crippen LogP contribution in [-0.4, -0.2) is 38.1 Å². The number of benzene rings is 2. The van der Waals surface area contributed by atoms with E-state index >= 15 is 0 Å². The van der Waals surface area contributed by atoms with Crippen molar-refractivity contribution in [3.63, 3.8) is 0 Å². The van der Waals surface area contributed by atoms with Crippen LogP contribution in [-0.2, 0) is 22.4 Å². The van der Waals surface area contributed by atoms with E-state index in [4.69, 9.17) is 9.47 Å². The minimum Gasteiger partial charge on any atom is -0.497 e. The second-order valence-corrected chi connectivity index (χ2v) is 7.68. The minimum absolute atomic E-state index is 0.0264. The molecule has 1 fully saturated rings. The monoisotopic (exact) mass is 410 g/mol. The van der Waals surface area contributed by atoms with Crippen molar-refractivity contribution in [2.75, 3.05) is 14.2 Å². The molecule has 1 aliphatic rings. The molecule has 0 spiro atoms. The van der Waals surface area contributed by atoms with Crippen molar-refractivity contribution >= 4 is 11.8 Å². The first-order valence-electron chi connectivity index (χ1n) is 10.4. The molecule has 2 aromatic rings. The van der Waals surface area contributed by atoms with E-state index in [0.717, 1.165) is 48.3 Å². The smallest absolute Gasteiger partial charge is 0.224 e.